The molecule has 0 aliphatic carbocycles. The number of carbonyl (C=O) groups is 1. The fraction of sp³-hybridized carbons (Fsp3) is 0.417. The molecule has 0 N–H and O–H groups in total. The second kappa shape index (κ2) is 5.16. The number of hydrogen-bond donors (Lipinski definition) is 0. The van der Waals surface area contributed by atoms with Gasteiger partial charge in [-0.05, 0) is 19.1 Å². The van der Waals surface area contributed by atoms with Gasteiger partial charge in [-0.15, -0.1) is 0 Å². The molecule has 0 saturated carbocycles. The number of rotatable bonds is 4. The third-order valence-electron chi connectivity index (χ3n) is 2.27. The Bertz CT molecular complexity index is 395. The van der Waals surface area contributed by atoms with Crippen molar-refractivity contribution < 1.29 is 23.4 Å². The van der Waals surface area contributed by atoms with Crippen LogP contribution in [0.1, 0.15) is 19.0 Å². The summed E-state index contributed by atoms with van der Waals surface area (Å²) in [6.07, 6.45) is 0.767. The van der Waals surface area contributed by atoms with Crippen molar-refractivity contribution in [3.63, 3.8) is 0 Å². The van der Waals surface area contributed by atoms with Crippen molar-refractivity contribution in [3.8, 4) is 0 Å². The van der Waals surface area contributed by atoms with Gasteiger partial charge in [0.05, 0.1) is 12.9 Å². The van der Waals surface area contributed by atoms with Crippen LogP contribution < -0.4 is 0 Å². The maximum absolute atomic E-state index is 11.2. The third-order valence-corrected chi connectivity index (χ3v) is 2.27. The molecular weight excluding hydrogens is 224 g/mol. The van der Waals surface area contributed by atoms with Gasteiger partial charge >= 0.3 is 5.97 Å². The van der Waals surface area contributed by atoms with E-state index < -0.39 is 12.3 Å². The number of hydrogen-bond acceptors (Lipinski definition) is 5. The van der Waals surface area contributed by atoms with Crippen LogP contribution in [0.3, 0.4) is 0 Å². The number of esters is 1. The molecule has 5 heteroatoms. The van der Waals surface area contributed by atoms with Crippen LogP contribution in [0.15, 0.2) is 35.0 Å². The maximum atomic E-state index is 11.2. The molecule has 92 valence electrons. The number of furan rings is 1. The summed E-state index contributed by atoms with van der Waals surface area (Å²) in [6, 6.07) is 3.53. The van der Waals surface area contributed by atoms with Gasteiger partial charge in [-0.2, -0.15) is 0 Å². The van der Waals surface area contributed by atoms with Crippen LogP contribution in [0.2, 0.25) is 0 Å². The molecule has 1 fully saturated rings. The van der Waals surface area contributed by atoms with Crippen molar-refractivity contribution in [2.24, 2.45) is 0 Å². The molecule has 2 unspecified atom stereocenters. The lowest BCUT2D eigenvalue weighted by Gasteiger charge is -2.10. The molecule has 5 nitrogen and oxygen atoms in total. The topological polar surface area (TPSA) is 57.9 Å². The summed E-state index contributed by atoms with van der Waals surface area (Å²) >= 11 is 0. The normalized spacial score (nSPS) is 23.6. The van der Waals surface area contributed by atoms with E-state index in [1.807, 2.05) is 0 Å². The van der Waals surface area contributed by atoms with Crippen molar-refractivity contribution in [2.45, 2.75) is 19.3 Å². The molecule has 1 aliphatic rings. The summed E-state index contributed by atoms with van der Waals surface area (Å²) in [5.74, 6) is 0.189. The van der Waals surface area contributed by atoms with E-state index in [1.165, 1.54) is 0 Å². The average molecular weight is 238 g/mol. The van der Waals surface area contributed by atoms with Gasteiger partial charge in [0.2, 0.25) is 6.29 Å². The van der Waals surface area contributed by atoms with Crippen LogP contribution >= 0.6 is 0 Å². The van der Waals surface area contributed by atoms with E-state index >= 15 is 0 Å². The molecule has 2 atom stereocenters. The smallest absolute Gasteiger partial charge is 0.333 e. The molecule has 1 saturated heterocycles. The van der Waals surface area contributed by atoms with Gasteiger partial charge in [0.1, 0.15) is 12.7 Å². The predicted octanol–water partition coefficient (Wildman–Crippen LogP) is 1.81. The summed E-state index contributed by atoms with van der Waals surface area (Å²) in [4.78, 5) is 11.2. The van der Waals surface area contributed by atoms with Crippen LogP contribution in [0.25, 0.3) is 0 Å². The highest BCUT2D eigenvalue weighted by molar-refractivity contribution is 5.86. The lowest BCUT2D eigenvalue weighted by Crippen LogP contribution is -2.20. The Balaban J connectivity index is 1.79. The first kappa shape index (κ1) is 11.9. The van der Waals surface area contributed by atoms with Gasteiger partial charge in [-0.25, -0.2) is 4.79 Å². The van der Waals surface area contributed by atoms with E-state index in [-0.39, 0.29) is 12.7 Å². The summed E-state index contributed by atoms with van der Waals surface area (Å²) in [7, 11) is 0. The van der Waals surface area contributed by atoms with Crippen molar-refractivity contribution in [3.05, 3.63) is 36.3 Å². The molecule has 2 heterocycles. The molecule has 1 aromatic rings. The van der Waals surface area contributed by atoms with Gasteiger partial charge in [-0.3, -0.25) is 0 Å². The Morgan fingerprint density at radius 3 is 3.12 bits per heavy atom. The summed E-state index contributed by atoms with van der Waals surface area (Å²) in [5.41, 5.74) is 0.367. The lowest BCUT2D eigenvalue weighted by molar-refractivity contribution is -0.144. The highest BCUT2D eigenvalue weighted by atomic mass is 16.7. The SMILES string of the molecule is C=C(C)C(=O)OCC1COC(c2ccco2)O1. The van der Waals surface area contributed by atoms with Crippen molar-refractivity contribution in [1.82, 2.24) is 0 Å². The van der Waals surface area contributed by atoms with Gasteiger partial charge < -0.3 is 18.6 Å². The van der Waals surface area contributed by atoms with Gasteiger partial charge in [0.25, 0.3) is 0 Å². The zero-order chi connectivity index (χ0) is 12.3. The molecule has 0 amide bonds. The van der Waals surface area contributed by atoms with E-state index in [9.17, 15) is 4.79 Å². The first-order chi connectivity index (χ1) is 8.16. The standard InChI is InChI=1S/C12H14O5/c1-8(2)11(13)15-6-9-7-16-12(17-9)10-4-3-5-14-10/h3-5,9,12H,1,6-7H2,2H3. The Hall–Kier alpha value is -1.59. The minimum absolute atomic E-state index is 0.156. The number of carbonyl (C=O) groups excluding carboxylic acids is 1. The largest absolute Gasteiger partial charge is 0.464 e. The van der Waals surface area contributed by atoms with Crippen LogP contribution in [0, 0.1) is 0 Å². The lowest BCUT2D eigenvalue weighted by atomic mass is 10.3. The zero-order valence-corrected chi connectivity index (χ0v) is 9.55. The Labute approximate surface area is 99.0 Å². The molecule has 17 heavy (non-hydrogen) atoms. The average Bonchev–Trinajstić information content (AvgIpc) is 2.95. The summed E-state index contributed by atoms with van der Waals surface area (Å²) < 4.78 is 21.0. The third kappa shape index (κ3) is 2.95. The van der Waals surface area contributed by atoms with Gasteiger partial charge in [-0.1, -0.05) is 6.58 Å². The molecule has 0 radical (unpaired) electrons. The zero-order valence-electron chi connectivity index (χ0n) is 9.55. The molecule has 0 bridgehead atoms. The van der Waals surface area contributed by atoms with E-state index in [4.69, 9.17) is 18.6 Å². The quantitative estimate of drug-likeness (QED) is 0.591. The molecule has 0 aromatic carbocycles. The number of ether oxygens (including phenoxy) is 3. The monoisotopic (exact) mass is 238 g/mol. The fourth-order valence-electron chi connectivity index (χ4n) is 1.40. The molecule has 1 aromatic heterocycles. The van der Waals surface area contributed by atoms with Crippen LogP contribution in [0.4, 0.5) is 0 Å². The van der Waals surface area contributed by atoms with Crippen molar-refractivity contribution in [2.75, 3.05) is 13.2 Å². The maximum Gasteiger partial charge on any atom is 0.333 e. The predicted molar refractivity (Wildman–Crippen MR) is 58.0 cm³/mol. The molecule has 2 rings (SSSR count). The second-order valence-electron chi connectivity index (χ2n) is 3.82. The van der Waals surface area contributed by atoms with Crippen molar-refractivity contribution >= 4 is 5.97 Å². The van der Waals surface area contributed by atoms with E-state index in [1.54, 1.807) is 25.3 Å². The minimum atomic E-state index is -0.515. The highest BCUT2D eigenvalue weighted by Crippen LogP contribution is 2.27. The molecule has 1 aliphatic heterocycles. The fourth-order valence-corrected chi connectivity index (χ4v) is 1.40. The van der Waals surface area contributed by atoms with Gasteiger partial charge in [0, 0.05) is 5.57 Å². The Kier molecular flexibility index (Phi) is 3.61. The van der Waals surface area contributed by atoms with E-state index in [0.29, 0.717) is 17.9 Å². The van der Waals surface area contributed by atoms with Crippen molar-refractivity contribution in [1.29, 1.82) is 0 Å². The first-order valence-corrected chi connectivity index (χ1v) is 5.30. The summed E-state index contributed by atoms with van der Waals surface area (Å²) in [5, 5.41) is 0. The summed E-state index contributed by atoms with van der Waals surface area (Å²) in [6.45, 7) is 5.62. The van der Waals surface area contributed by atoms with E-state index in [2.05, 4.69) is 6.58 Å². The van der Waals surface area contributed by atoms with E-state index in [0.717, 1.165) is 0 Å². The first-order valence-electron chi connectivity index (χ1n) is 5.30. The Morgan fingerprint density at radius 1 is 1.65 bits per heavy atom. The highest BCUT2D eigenvalue weighted by Gasteiger charge is 2.30. The molecular formula is C12H14O5. The van der Waals surface area contributed by atoms with Crippen LogP contribution in [-0.2, 0) is 19.0 Å². The second-order valence-corrected chi connectivity index (χ2v) is 3.82. The van der Waals surface area contributed by atoms with Crippen LogP contribution in [0.5, 0.6) is 0 Å². The Morgan fingerprint density at radius 2 is 2.47 bits per heavy atom. The minimum Gasteiger partial charge on any atom is -0.464 e. The van der Waals surface area contributed by atoms with Gasteiger partial charge in [0.15, 0.2) is 5.76 Å². The van der Waals surface area contributed by atoms with Crippen LogP contribution in [-0.4, -0.2) is 25.3 Å². The molecule has 0 spiro atoms.